The number of carbonyl (C=O) groups excluding carboxylic acids is 1. The first-order chi connectivity index (χ1) is 11.5. The van der Waals surface area contributed by atoms with E-state index >= 15 is 0 Å². The van der Waals surface area contributed by atoms with Crippen molar-refractivity contribution in [3.8, 4) is 11.5 Å². The number of hydrogen-bond acceptors (Lipinski definition) is 5. The van der Waals surface area contributed by atoms with Crippen LogP contribution in [0.4, 0.5) is 0 Å². The van der Waals surface area contributed by atoms with Crippen molar-refractivity contribution in [1.29, 1.82) is 0 Å². The molecule has 1 saturated heterocycles. The molecule has 0 spiro atoms. The summed E-state index contributed by atoms with van der Waals surface area (Å²) in [5.41, 5.74) is 3.33. The highest BCUT2D eigenvalue weighted by Crippen LogP contribution is 2.25. The second-order valence-electron chi connectivity index (χ2n) is 6.39. The Morgan fingerprint density at radius 1 is 1.29 bits per heavy atom. The Labute approximate surface area is 146 Å². The van der Waals surface area contributed by atoms with E-state index in [1.165, 1.54) is 29.3 Å². The first-order valence-electron chi connectivity index (χ1n) is 8.38. The first-order valence-corrected chi connectivity index (χ1v) is 9.36. The third kappa shape index (κ3) is 3.80. The SMILES string of the molecule is Cc1ccc(-c2nnc(SCC(=O)N3CCCCC3C)o2)cc1C. The van der Waals surface area contributed by atoms with Gasteiger partial charge in [0.25, 0.3) is 5.22 Å². The minimum Gasteiger partial charge on any atom is -0.411 e. The van der Waals surface area contributed by atoms with Crippen molar-refractivity contribution < 1.29 is 9.21 Å². The van der Waals surface area contributed by atoms with Gasteiger partial charge in [-0.05, 0) is 63.3 Å². The highest BCUT2D eigenvalue weighted by molar-refractivity contribution is 7.99. The molecule has 1 aliphatic rings. The van der Waals surface area contributed by atoms with Crippen molar-refractivity contribution in [3.05, 3.63) is 29.3 Å². The number of likely N-dealkylation sites (tertiary alicyclic amines) is 1. The van der Waals surface area contributed by atoms with Gasteiger partial charge in [0.05, 0.1) is 5.75 Å². The van der Waals surface area contributed by atoms with Crippen LogP contribution in [0.25, 0.3) is 11.5 Å². The van der Waals surface area contributed by atoms with Crippen LogP contribution in [0.2, 0.25) is 0 Å². The van der Waals surface area contributed by atoms with E-state index in [1.54, 1.807) is 0 Å². The molecule has 128 valence electrons. The summed E-state index contributed by atoms with van der Waals surface area (Å²) in [6.45, 7) is 7.11. The average Bonchev–Trinajstić information content (AvgIpc) is 3.04. The molecule has 24 heavy (non-hydrogen) atoms. The van der Waals surface area contributed by atoms with E-state index in [0.717, 1.165) is 24.9 Å². The van der Waals surface area contributed by atoms with Crippen LogP contribution in [0.5, 0.6) is 0 Å². The number of rotatable bonds is 4. The monoisotopic (exact) mass is 345 g/mol. The maximum Gasteiger partial charge on any atom is 0.277 e. The third-order valence-electron chi connectivity index (χ3n) is 4.60. The van der Waals surface area contributed by atoms with Crippen LogP contribution in [0.1, 0.15) is 37.3 Å². The minimum atomic E-state index is 0.151. The molecule has 1 unspecified atom stereocenters. The second-order valence-corrected chi connectivity index (χ2v) is 7.32. The lowest BCUT2D eigenvalue weighted by atomic mass is 10.0. The number of amides is 1. The fourth-order valence-corrected chi connectivity index (χ4v) is 3.58. The third-order valence-corrected chi connectivity index (χ3v) is 5.41. The van der Waals surface area contributed by atoms with E-state index in [0.29, 0.717) is 22.9 Å². The van der Waals surface area contributed by atoms with Crippen molar-refractivity contribution in [2.45, 2.75) is 51.3 Å². The molecular formula is C18H23N3O2S. The van der Waals surface area contributed by atoms with E-state index in [9.17, 15) is 4.79 Å². The summed E-state index contributed by atoms with van der Waals surface area (Å²) < 4.78 is 5.70. The molecule has 0 saturated carbocycles. The second kappa shape index (κ2) is 7.38. The number of carbonyl (C=O) groups is 1. The number of aryl methyl sites for hydroxylation is 2. The Bertz CT molecular complexity index is 729. The normalized spacial score (nSPS) is 18.0. The van der Waals surface area contributed by atoms with E-state index < -0.39 is 0 Å². The van der Waals surface area contributed by atoms with Gasteiger partial charge in [0.1, 0.15) is 0 Å². The molecule has 1 amide bonds. The minimum absolute atomic E-state index is 0.151. The topological polar surface area (TPSA) is 59.2 Å². The van der Waals surface area contributed by atoms with Crippen molar-refractivity contribution in [2.24, 2.45) is 0 Å². The maximum atomic E-state index is 12.4. The number of nitrogens with zero attached hydrogens (tertiary/aromatic N) is 3. The zero-order chi connectivity index (χ0) is 17.1. The fraction of sp³-hybridized carbons (Fsp3) is 0.500. The van der Waals surface area contributed by atoms with Crippen LogP contribution in [-0.4, -0.2) is 39.3 Å². The fourth-order valence-electron chi connectivity index (χ4n) is 2.93. The zero-order valence-corrected chi connectivity index (χ0v) is 15.2. The molecule has 0 aliphatic carbocycles. The summed E-state index contributed by atoms with van der Waals surface area (Å²) in [5.74, 6) is 0.997. The number of thioether (sulfide) groups is 1. The molecule has 1 aromatic carbocycles. The Balaban J connectivity index is 1.61. The van der Waals surface area contributed by atoms with Crippen molar-refractivity contribution >= 4 is 17.7 Å². The maximum absolute atomic E-state index is 12.4. The highest BCUT2D eigenvalue weighted by atomic mass is 32.2. The molecule has 6 heteroatoms. The quantitative estimate of drug-likeness (QED) is 0.788. The van der Waals surface area contributed by atoms with Gasteiger partial charge in [0.2, 0.25) is 11.8 Å². The van der Waals surface area contributed by atoms with Gasteiger partial charge in [0.15, 0.2) is 0 Å². The van der Waals surface area contributed by atoms with Crippen LogP contribution in [0.3, 0.4) is 0 Å². The number of piperidine rings is 1. The highest BCUT2D eigenvalue weighted by Gasteiger charge is 2.23. The van der Waals surface area contributed by atoms with Gasteiger partial charge in [0, 0.05) is 18.2 Å². The summed E-state index contributed by atoms with van der Waals surface area (Å²) in [7, 11) is 0. The van der Waals surface area contributed by atoms with Gasteiger partial charge < -0.3 is 9.32 Å². The van der Waals surface area contributed by atoms with Crippen LogP contribution in [0.15, 0.2) is 27.8 Å². The van der Waals surface area contributed by atoms with Crippen LogP contribution in [0, 0.1) is 13.8 Å². The lowest BCUT2D eigenvalue weighted by Crippen LogP contribution is -2.42. The van der Waals surface area contributed by atoms with Gasteiger partial charge in [-0.3, -0.25) is 4.79 Å². The molecule has 0 N–H and O–H groups in total. The molecule has 0 radical (unpaired) electrons. The number of benzene rings is 1. The van der Waals surface area contributed by atoms with Crippen molar-refractivity contribution in [2.75, 3.05) is 12.3 Å². The predicted molar refractivity (Wildman–Crippen MR) is 95.0 cm³/mol. The Morgan fingerprint density at radius 3 is 2.88 bits per heavy atom. The molecule has 0 bridgehead atoms. The van der Waals surface area contributed by atoms with Gasteiger partial charge in [-0.2, -0.15) is 0 Å². The molecule has 2 aromatic rings. The standard InChI is InChI=1S/C18H23N3O2S/c1-12-7-8-15(10-13(12)2)17-19-20-18(23-17)24-11-16(22)21-9-5-4-6-14(21)3/h7-8,10,14H,4-6,9,11H2,1-3H3. The summed E-state index contributed by atoms with van der Waals surface area (Å²) in [6, 6.07) is 6.40. The van der Waals surface area contributed by atoms with Crippen LogP contribution in [-0.2, 0) is 4.79 Å². The van der Waals surface area contributed by atoms with E-state index in [4.69, 9.17) is 4.42 Å². The van der Waals surface area contributed by atoms with Gasteiger partial charge >= 0.3 is 0 Å². The van der Waals surface area contributed by atoms with Gasteiger partial charge in [-0.15, -0.1) is 10.2 Å². The van der Waals surface area contributed by atoms with Gasteiger partial charge in [-0.1, -0.05) is 17.8 Å². The summed E-state index contributed by atoms with van der Waals surface area (Å²) in [6.07, 6.45) is 3.40. The lowest BCUT2D eigenvalue weighted by molar-refractivity contribution is -0.131. The van der Waals surface area contributed by atoms with Gasteiger partial charge in [-0.25, -0.2) is 0 Å². The molecule has 1 aromatic heterocycles. The zero-order valence-electron chi connectivity index (χ0n) is 14.4. The van der Waals surface area contributed by atoms with Crippen molar-refractivity contribution in [1.82, 2.24) is 15.1 Å². The largest absolute Gasteiger partial charge is 0.411 e. The molecule has 1 aliphatic heterocycles. The molecule has 1 atom stereocenters. The summed E-state index contributed by atoms with van der Waals surface area (Å²) in [5, 5.41) is 8.60. The summed E-state index contributed by atoms with van der Waals surface area (Å²) >= 11 is 1.32. The van der Waals surface area contributed by atoms with E-state index in [2.05, 4.69) is 31.0 Å². The molecule has 3 rings (SSSR count). The Hall–Kier alpha value is -1.82. The Kier molecular flexibility index (Phi) is 5.23. The van der Waals surface area contributed by atoms with E-state index in [1.807, 2.05) is 23.1 Å². The molecular weight excluding hydrogens is 322 g/mol. The summed E-state index contributed by atoms with van der Waals surface area (Å²) in [4.78, 5) is 14.3. The molecule has 1 fully saturated rings. The first kappa shape index (κ1) is 17.0. The Morgan fingerprint density at radius 2 is 2.12 bits per heavy atom. The van der Waals surface area contributed by atoms with E-state index in [-0.39, 0.29) is 5.91 Å². The van der Waals surface area contributed by atoms with Crippen LogP contribution >= 0.6 is 11.8 Å². The smallest absolute Gasteiger partial charge is 0.277 e. The number of aromatic nitrogens is 2. The molecule has 2 heterocycles. The molecule has 5 nitrogen and oxygen atoms in total. The van der Waals surface area contributed by atoms with Crippen LogP contribution < -0.4 is 0 Å². The number of hydrogen-bond donors (Lipinski definition) is 0. The average molecular weight is 345 g/mol. The lowest BCUT2D eigenvalue weighted by Gasteiger charge is -2.33. The van der Waals surface area contributed by atoms with Crippen molar-refractivity contribution in [3.63, 3.8) is 0 Å². The predicted octanol–water partition coefficient (Wildman–Crippen LogP) is 3.85.